The van der Waals surface area contributed by atoms with E-state index in [1.54, 1.807) is 0 Å². The highest BCUT2D eigenvalue weighted by Gasteiger charge is 2.03. The van der Waals surface area contributed by atoms with Gasteiger partial charge in [-0.3, -0.25) is 0 Å². The Hall–Kier alpha value is 0.0969. The first-order valence-electron chi connectivity index (χ1n) is 4.76. The van der Waals surface area contributed by atoms with Gasteiger partial charge in [0.25, 0.3) is 0 Å². The number of hydrogen-bond acceptors (Lipinski definition) is 3. The summed E-state index contributed by atoms with van der Waals surface area (Å²) in [7, 11) is 3.26. The van der Waals surface area contributed by atoms with Crippen LogP contribution in [0.4, 0.5) is 0 Å². The largest absolute Gasteiger partial charge is 0.331 e. The van der Waals surface area contributed by atoms with E-state index < -0.39 is 9.12 Å². The molecule has 3 nitrogen and oxygen atoms in total. The molecule has 0 atom stereocenters. The van der Waals surface area contributed by atoms with Gasteiger partial charge in [0.05, 0.1) is 0 Å². The molecule has 4 heteroatoms. The van der Waals surface area contributed by atoms with Crippen molar-refractivity contribution in [3.63, 3.8) is 0 Å². The summed E-state index contributed by atoms with van der Waals surface area (Å²) in [6, 6.07) is 1.26. The van der Waals surface area contributed by atoms with Gasteiger partial charge >= 0.3 is 0 Å². The monoisotopic (exact) mass is 189 g/mol. The number of nitrogens with one attached hydrogen (secondary N) is 3. The van der Waals surface area contributed by atoms with Gasteiger partial charge in [-0.2, -0.15) is 0 Å². The smallest absolute Gasteiger partial charge is 0.185 e. The summed E-state index contributed by atoms with van der Waals surface area (Å²) in [6.45, 7) is 6.74. The molecular weight excluding hydrogens is 166 g/mol. The third-order valence-electron chi connectivity index (χ3n) is 1.86. The molecule has 3 N–H and O–H groups in total. The fourth-order valence-corrected chi connectivity index (χ4v) is 2.43. The van der Waals surface area contributed by atoms with E-state index in [2.05, 4.69) is 29.1 Å². The van der Waals surface area contributed by atoms with E-state index in [4.69, 9.17) is 0 Å². The fraction of sp³-hybridized carbons (Fsp3) is 1.00. The molecule has 0 spiro atoms. The molecule has 12 heavy (non-hydrogen) atoms. The van der Waals surface area contributed by atoms with Crippen LogP contribution in [0.2, 0.25) is 6.04 Å². The second kappa shape index (κ2) is 7.73. The lowest BCUT2D eigenvalue weighted by Gasteiger charge is -2.13. The lowest BCUT2D eigenvalue weighted by molar-refractivity contribution is 0.564. The highest BCUT2D eigenvalue weighted by molar-refractivity contribution is 6.53. The average Bonchev–Trinajstić information content (AvgIpc) is 2.04. The molecule has 0 bridgehead atoms. The molecule has 0 aliphatic rings. The lowest BCUT2D eigenvalue weighted by atomic mass is 10.2. The minimum absolute atomic E-state index is 0.759. The van der Waals surface area contributed by atoms with E-state index in [0.29, 0.717) is 0 Å². The maximum absolute atomic E-state index is 3.44. The zero-order valence-electron chi connectivity index (χ0n) is 8.78. The minimum atomic E-state index is -0.818. The van der Waals surface area contributed by atoms with Crippen molar-refractivity contribution in [2.24, 2.45) is 5.92 Å². The molecule has 0 radical (unpaired) electrons. The molecule has 0 aliphatic carbocycles. The average molecular weight is 189 g/mol. The van der Waals surface area contributed by atoms with Crippen molar-refractivity contribution >= 4 is 9.12 Å². The van der Waals surface area contributed by atoms with E-state index >= 15 is 0 Å². The molecular formula is C8H23N3Si. The molecule has 0 unspecified atom stereocenters. The van der Waals surface area contributed by atoms with Gasteiger partial charge in [0.2, 0.25) is 0 Å². The number of hydrogen-bond donors (Lipinski definition) is 3. The predicted molar refractivity (Wildman–Crippen MR) is 57.8 cm³/mol. The van der Waals surface area contributed by atoms with Gasteiger partial charge in [-0.05, 0) is 39.1 Å². The van der Waals surface area contributed by atoms with Crippen LogP contribution in [0.1, 0.15) is 13.8 Å². The highest BCUT2D eigenvalue weighted by atomic mass is 28.3. The van der Waals surface area contributed by atoms with Gasteiger partial charge in [0.15, 0.2) is 9.12 Å². The normalized spacial score (nSPS) is 11.5. The Morgan fingerprint density at radius 1 is 1.17 bits per heavy atom. The molecule has 0 aliphatic heterocycles. The van der Waals surface area contributed by atoms with Crippen LogP contribution in [0.15, 0.2) is 0 Å². The van der Waals surface area contributed by atoms with Crippen LogP contribution in [0.25, 0.3) is 0 Å². The standard InChI is InChI=1S/C8H23N3Si/c1-8(2)7-11-5-6-12(9-3)10-4/h8-12H,5-7H2,1-4H3. The minimum Gasteiger partial charge on any atom is -0.331 e. The van der Waals surface area contributed by atoms with Crippen molar-refractivity contribution < 1.29 is 0 Å². The molecule has 0 aromatic heterocycles. The van der Waals surface area contributed by atoms with Crippen LogP contribution in [0, 0.1) is 5.92 Å². The molecule has 0 amide bonds. The van der Waals surface area contributed by atoms with Crippen LogP contribution < -0.4 is 15.3 Å². The third kappa shape index (κ3) is 6.79. The SMILES string of the molecule is CN[SiH](CCNCC(C)C)NC. The van der Waals surface area contributed by atoms with Crippen LogP contribution >= 0.6 is 0 Å². The van der Waals surface area contributed by atoms with E-state index in [1.807, 2.05) is 14.1 Å². The highest BCUT2D eigenvalue weighted by Crippen LogP contribution is 1.87. The first kappa shape index (κ1) is 12.1. The second-order valence-corrected chi connectivity index (χ2v) is 6.35. The van der Waals surface area contributed by atoms with Crippen LogP contribution in [0.5, 0.6) is 0 Å². The Bertz CT molecular complexity index is 94.3. The summed E-state index contributed by atoms with van der Waals surface area (Å²) in [4.78, 5) is 6.66. The summed E-state index contributed by atoms with van der Waals surface area (Å²) in [6.07, 6.45) is 0. The number of rotatable bonds is 7. The van der Waals surface area contributed by atoms with Crippen molar-refractivity contribution in [3.05, 3.63) is 0 Å². The quantitative estimate of drug-likeness (QED) is 0.386. The van der Waals surface area contributed by atoms with Crippen molar-refractivity contribution in [2.75, 3.05) is 27.2 Å². The third-order valence-corrected chi connectivity index (χ3v) is 4.12. The van der Waals surface area contributed by atoms with Crippen LogP contribution in [-0.4, -0.2) is 36.3 Å². The zero-order chi connectivity index (χ0) is 9.40. The fourth-order valence-electron chi connectivity index (χ4n) is 1.07. The Balaban J connectivity index is 3.17. The lowest BCUT2D eigenvalue weighted by Crippen LogP contribution is -2.45. The van der Waals surface area contributed by atoms with Gasteiger partial charge in [-0.1, -0.05) is 13.8 Å². The van der Waals surface area contributed by atoms with E-state index in [-0.39, 0.29) is 0 Å². The Morgan fingerprint density at radius 2 is 1.75 bits per heavy atom. The maximum atomic E-state index is 3.44. The molecule has 0 fully saturated rings. The van der Waals surface area contributed by atoms with E-state index in [9.17, 15) is 0 Å². The Morgan fingerprint density at radius 3 is 2.17 bits per heavy atom. The summed E-state index contributed by atoms with van der Waals surface area (Å²) in [5, 5.41) is 3.44. The molecule has 0 aromatic carbocycles. The second-order valence-electron chi connectivity index (χ2n) is 3.52. The summed E-state index contributed by atoms with van der Waals surface area (Å²) in [5.41, 5.74) is 0. The van der Waals surface area contributed by atoms with Gasteiger partial charge in [-0.25, -0.2) is 0 Å². The van der Waals surface area contributed by atoms with Crippen molar-refractivity contribution in [3.8, 4) is 0 Å². The Kier molecular flexibility index (Phi) is 7.79. The topological polar surface area (TPSA) is 36.1 Å². The molecule has 0 aromatic rings. The summed E-state index contributed by atoms with van der Waals surface area (Å²) < 4.78 is 0. The van der Waals surface area contributed by atoms with Gasteiger partial charge in [0.1, 0.15) is 0 Å². The van der Waals surface area contributed by atoms with Crippen LogP contribution in [0.3, 0.4) is 0 Å². The van der Waals surface area contributed by atoms with Gasteiger partial charge in [-0.15, -0.1) is 0 Å². The van der Waals surface area contributed by atoms with Gasteiger partial charge in [0, 0.05) is 0 Å². The Labute approximate surface area is 78.1 Å². The predicted octanol–water partition coefficient (Wildman–Crippen LogP) is -0.109. The zero-order valence-corrected chi connectivity index (χ0v) is 9.93. The first-order valence-corrected chi connectivity index (χ1v) is 6.73. The van der Waals surface area contributed by atoms with E-state index in [0.717, 1.165) is 19.0 Å². The molecule has 0 saturated carbocycles. The summed E-state index contributed by atoms with van der Waals surface area (Å²) >= 11 is 0. The summed E-state index contributed by atoms with van der Waals surface area (Å²) in [5.74, 6) is 0.759. The molecule has 0 heterocycles. The van der Waals surface area contributed by atoms with Crippen LogP contribution in [-0.2, 0) is 0 Å². The molecule has 0 rings (SSSR count). The van der Waals surface area contributed by atoms with Crippen molar-refractivity contribution in [2.45, 2.75) is 19.9 Å². The van der Waals surface area contributed by atoms with E-state index in [1.165, 1.54) is 6.04 Å². The maximum Gasteiger partial charge on any atom is 0.185 e. The molecule has 74 valence electrons. The van der Waals surface area contributed by atoms with Crippen molar-refractivity contribution in [1.82, 2.24) is 15.3 Å². The van der Waals surface area contributed by atoms with Gasteiger partial charge < -0.3 is 15.3 Å². The molecule has 0 saturated heterocycles. The van der Waals surface area contributed by atoms with Crippen molar-refractivity contribution in [1.29, 1.82) is 0 Å². The first-order chi connectivity index (χ1) is 5.70.